The highest BCUT2D eigenvalue weighted by Crippen LogP contribution is 2.40. The molecule has 1 aromatic carbocycles. The van der Waals surface area contributed by atoms with Crippen LogP contribution in [0.4, 0.5) is 10.8 Å². The predicted molar refractivity (Wildman–Crippen MR) is 169 cm³/mol. The number of amides is 2. The van der Waals surface area contributed by atoms with E-state index in [1.54, 1.807) is 0 Å². The number of thioether (sulfide) groups is 1. The molecule has 3 aromatic heterocycles. The van der Waals surface area contributed by atoms with Gasteiger partial charge in [0.15, 0.2) is 23.0 Å². The quantitative estimate of drug-likeness (QED) is 0.0531. The van der Waals surface area contributed by atoms with Gasteiger partial charge in [-0.05, 0) is 23.3 Å². The second-order valence-electron chi connectivity index (χ2n) is 10.1. The van der Waals surface area contributed by atoms with Crippen molar-refractivity contribution in [1.29, 1.82) is 0 Å². The van der Waals surface area contributed by atoms with Crippen LogP contribution in [0.3, 0.4) is 0 Å². The molecule has 0 spiro atoms. The number of aliphatic carboxylic acids is 1. The van der Waals surface area contributed by atoms with Crippen LogP contribution in [0.1, 0.15) is 11.3 Å². The van der Waals surface area contributed by atoms with Gasteiger partial charge >= 0.3 is 5.65 Å². The van der Waals surface area contributed by atoms with Gasteiger partial charge in [-0.2, -0.15) is 0 Å². The van der Waals surface area contributed by atoms with Crippen molar-refractivity contribution in [3.63, 3.8) is 0 Å². The maximum absolute atomic E-state index is 13.3. The first-order valence-electron chi connectivity index (χ1n) is 13.5. The maximum Gasteiger partial charge on any atom is 0.307 e. The Morgan fingerprint density at radius 3 is 2.65 bits per heavy atom. The molecule has 1 fully saturated rings. The number of carbonyl (C=O) groups excluding carboxylic acids is 3. The van der Waals surface area contributed by atoms with Crippen molar-refractivity contribution in [3.8, 4) is 0 Å². The van der Waals surface area contributed by atoms with Crippen molar-refractivity contribution < 1.29 is 28.9 Å². The minimum absolute atomic E-state index is 0.00571. The molecule has 0 bridgehead atoms. The number of β-lactam (4-membered cyclic amide) rings is 1. The molecule has 2 aliphatic rings. The third kappa shape index (κ3) is 5.72. The van der Waals surface area contributed by atoms with Crippen molar-refractivity contribution >= 4 is 80.6 Å². The summed E-state index contributed by atoms with van der Waals surface area (Å²) in [5, 5.41) is 18.1. The number of nitrogens with two attached hydrogens (primary N) is 3. The Bertz CT molecular complexity index is 1960. The van der Waals surface area contributed by atoms with E-state index in [-0.39, 0.29) is 44.8 Å². The van der Waals surface area contributed by atoms with Crippen molar-refractivity contribution in [2.75, 3.05) is 18.6 Å². The van der Waals surface area contributed by atoms with Crippen LogP contribution in [0, 0.1) is 0 Å². The lowest BCUT2D eigenvalue weighted by atomic mass is 10.0. The number of hydrogen-bond donors (Lipinski definition) is 4. The molecule has 0 unspecified atom stereocenters. The number of hydrogen-bond acceptors (Lipinski definition) is 11. The Kier molecular flexibility index (Phi) is 8.32. The first kappa shape index (κ1) is 30.9. The van der Waals surface area contributed by atoms with Crippen molar-refractivity contribution in [2.45, 2.75) is 24.5 Å². The van der Waals surface area contributed by atoms with E-state index in [0.29, 0.717) is 17.8 Å². The lowest BCUT2D eigenvalue weighted by Crippen LogP contribution is -2.71. The highest BCUT2D eigenvalue weighted by Gasteiger charge is 2.53. The number of rotatable bonds is 10. The van der Waals surface area contributed by atoms with E-state index in [1.165, 1.54) is 18.9 Å². The van der Waals surface area contributed by atoms with Crippen molar-refractivity contribution in [1.82, 2.24) is 24.4 Å². The summed E-state index contributed by atoms with van der Waals surface area (Å²) in [6.07, 6.45) is 5.61. The van der Waals surface area contributed by atoms with Gasteiger partial charge in [-0.15, -0.1) is 16.3 Å². The number of carbonyl (C=O) groups is 3. The van der Waals surface area contributed by atoms with Gasteiger partial charge in [-0.3, -0.25) is 14.5 Å². The average molecular weight is 684 g/mol. The van der Waals surface area contributed by atoms with Gasteiger partial charge in [0.1, 0.15) is 41.3 Å². The molecule has 46 heavy (non-hydrogen) atoms. The number of halogens is 1. The summed E-state index contributed by atoms with van der Waals surface area (Å²) in [5.74, 6) is -2.61. The summed E-state index contributed by atoms with van der Waals surface area (Å²) < 4.78 is 5.88. The monoisotopic (exact) mass is 683 g/mol. The number of oxime groups is 1. The van der Waals surface area contributed by atoms with Crippen LogP contribution < -0.4 is 32.2 Å². The summed E-state index contributed by atoms with van der Waals surface area (Å²) in [6.45, 7) is 0.755. The predicted octanol–water partition coefficient (Wildman–Crippen LogP) is -0.872. The van der Waals surface area contributed by atoms with Crippen LogP contribution in [0.15, 0.2) is 70.3 Å². The van der Waals surface area contributed by atoms with Crippen LogP contribution in [-0.4, -0.2) is 72.8 Å². The molecule has 16 nitrogen and oxygen atoms in total. The van der Waals surface area contributed by atoms with Crippen LogP contribution in [0.5, 0.6) is 0 Å². The van der Waals surface area contributed by atoms with Crippen molar-refractivity contribution in [2.24, 2.45) is 21.6 Å². The molecule has 7 N–H and O–H groups in total. The number of fused-ring (bicyclic) bond motifs is 2. The molecule has 1 saturated heterocycles. The van der Waals surface area contributed by atoms with Gasteiger partial charge in [0, 0.05) is 5.75 Å². The summed E-state index contributed by atoms with van der Waals surface area (Å²) >= 11 is 8.42. The number of nitrogen functional groups attached to an aromatic ring is 1. The van der Waals surface area contributed by atoms with Gasteiger partial charge in [-0.1, -0.05) is 40.2 Å². The maximum atomic E-state index is 13.3. The molecule has 6 rings (SSSR count). The van der Waals surface area contributed by atoms with Crippen molar-refractivity contribution in [3.05, 3.63) is 75.8 Å². The second-order valence-corrected chi connectivity index (χ2v) is 12.9. The largest absolute Gasteiger partial charge is 0.543 e. The minimum Gasteiger partial charge on any atom is -0.543 e. The fourth-order valence-electron chi connectivity index (χ4n) is 5.27. The Labute approximate surface area is 273 Å². The molecule has 5 heterocycles. The first-order chi connectivity index (χ1) is 22.0. The molecule has 0 saturated carbocycles. The minimum atomic E-state index is -1.49. The van der Waals surface area contributed by atoms with E-state index in [0.717, 1.165) is 27.4 Å². The fourth-order valence-corrected chi connectivity index (χ4v) is 7.53. The molecule has 0 radical (unpaired) electrons. The zero-order valence-corrected chi connectivity index (χ0v) is 26.4. The molecule has 4 aromatic rings. The Balaban J connectivity index is 1.18. The number of nitrogens with one attached hydrogen (secondary N) is 1. The highest BCUT2D eigenvalue weighted by atomic mass is 35.5. The number of aliphatic imine (C=N–C) groups is 1. The Morgan fingerprint density at radius 1 is 1.24 bits per heavy atom. The lowest BCUT2D eigenvalue weighted by molar-refractivity contribution is -0.661. The third-order valence-electron chi connectivity index (χ3n) is 7.24. The highest BCUT2D eigenvalue weighted by molar-refractivity contribution is 8.00. The molecule has 238 valence electrons. The standard InChI is InChI=1S/C27H26ClN11O5S2/c1-44-35-18(17-21(28)46-27(31)34-17)22(40)33-19-23(41)39-20(25(42)43)14(12-45-24(19)39)11-37-7-6-16-36(8-9-38(16)37)10-13-2-4-15(5-3-13)32-26(29)30/h2-9,19,24H,10-12H2,1H3,(H7-,29,30,31,32,33,34,40,42,43)/b35-18-/t19-,24-/m1/s1. The van der Waals surface area contributed by atoms with Gasteiger partial charge in [0.05, 0.1) is 36.2 Å². The summed E-state index contributed by atoms with van der Waals surface area (Å²) in [4.78, 5) is 52.7. The fraction of sp³-hybridized carbons (Fsp3) is 0.222. The van der Waals surface area contributed by atoms with E-state index in [4.69, 9.17) is 33.6 Å². The number of thiazole rings is 1. The van der Waals surface area contributed by atoms with Crippen LogP contribution in [-0.2, 0) is 32.3 Å². The SMILES string of the molecule is CO/N=C(\C(=O)N[C@@H]1C(=O)N2C(C(=O)[O-])=C(Cn3ccc4n3cc[n+]4Cc3ccc(N=C(N)N)cc3)CS[C@H]12)c1nc(N)sc1Cl. The van der Waals surface area contributed by atoms with E-state index >= 15 is 0 Å². The molecule has 2 amide bonds. The van der Waals surface area contributed by atoms with Crippen LogP contribution >= 0.6 is 34.7 Å². The van der Waals surface area contributed by atoms with E-state index in [9.17, 15) is 19.5 Å². The molecule has 2 atom stereocenters. The van der Waals surface area contributed by atoms with Crippen LogP contribution in [0.2, 0.25) is 4.34 Å². The summed E-state index contributed by atoms with van der Waals surface area (Å²) in [6, 6.07) is 8.38. The van der Waals surface area contributed by atoms with E-state index in [2.05, 4.69) is 20.4 Å². The number of anilines is 1. The number of carboxylic acid groups (broad SMARTS) is 1. The van der Waals surface area contributed by atoms with Gasteiger partial charge in [-0.25, -0.2) is 19.2 Å². The third-order valence-corrected chi connectivity index (χ3v) is 9.66. The lowest BCUT2D eigenvalue weighted by Gasteiger charge is -2.50. The van der Waals surface area contributed by atoms with Gasteiger partial charge in [0.25, 0.3) is 11.8 Å². The smallest absolute Gasteiger partial charge is 0.307 e. The number of imidazole rings is 1. The summed E-state index contributed by atoms with van der Waals surface area (Å²) in [5.41, 5.74) is 19.1. The molecular weight excluding hydrogens is 658 g/mol. The normalized spacial score (nSPS) is 17.9. The second kappa shape index (κ2) is 12.4. The number of aromatic nitrogens is 4. The molecule has 0 aliphatic carbocycles. The number of benzene rings is 1. The van der Waals surface area contributed by atoms with Crippen LogP contribution in [0.25, 0.3) is 5.65 Å². The summed E-state index contributed by atoms with van der Waals surface area (Å²) in [7, 11) is 1.24. The Hall–Kier alpha value is -5.07. The number of guanidine groups is 1. The molecule has 19 heteroatoms. The zero-order chi connectivity index (χ0) is 32.7. The number of carboxylic acids is 1. The topological polar surface area (TPSA) is 228 Å². The first-order valence-corrected chi connectivity index (χ1v) is 15.8. The van der Waals surface area contributed by atoms with E-state index < -0.39 is 29.2 Å². The van der Waals surface area contributed by atoms with E-state index in [1.807, 2.05) is 62.7 Å². The van der Waals surface area contributed by atoms with Gasteiger partial charge in [0.2, 0.25) is 0 Å². The van der Waals surface area contributed by atoms with Gasteiger partial charge < -0.3 is 37.3 Å². The average Bonchev–Trinajstić information content (AvgIpc) is 3.70. The molecule has 2 aliphatic heterocycles. The number of nitrogens with zero attached hydrogens (tertiary/aromatic N) is 7. The Morgan fingerprint density at radius 2 is 2.00 bits per heavy atom. The molecular formula is C27H26ClN11O5S2. The zero-order valence-electron chi connectivity index (χ0n) is 24.0.